The number of carbonyl (C=O) groups is 1. The van der Waals surface area contributed by atoms with Crippen LogP contribution in [0.5, 0.6) is 0 Å². The van der Waals surface area contributed by atoms with Crippen LogP contribution in [0.25, 0.3) is 0 Å². The molecule has 0 aromatic rings. The summed E-state index contributed by atoms with van der Waals surface area (Å²) in [7, 11) is 0. The normalized spacial score (nSPS) is 29.1. The van der Waals surface area contributed by atoms with Crippen molar-refractivity contribution in [3.63, 3.8) is 0 Å². The number of likely N-dealkylation sites (tertiary alicyclic amines) is 2. The molecule has 0 bridgehead atoms. The number of nitrogens with one attached hydrogen (secondary N) is 1. The molecule has 2 aliphatic heterocycles. The lowest BCUT2D eigenvalue weighted by Gasteiger charge is -2.46. The van der Waals surface area contributed by atoms with Crippen molar-refractivity contribution in [2.24, 2.45) is 17.3 Å². The van der Waals surface area contributed by atoms with Crippen molar-refractivity contribution in [1.82, 2.24) is 15.1 Å². The number of halogens is 1. The van der Waals surface area contributed by atoms with Crippen molar-refractivity contribution in [3.05, 3.63) is 23.8 Å². The Morgan fingerprint density at radius 2 is 2.00 bits per heavy atom. The number of allylic oxidation sites excluding steroid dienone is 4. The molecule has 3 aliphatic rings. The van der Waals surface area contributed by atoms with Crippen LogP contribution in [0.1, 0.15) is 53.4 Å². The summed E-state index contributed by atoms with van der Waals surface area (Å²) < 4.78 is 0. The minimum absolute atomic E-state index is 0.124. The Labute approximate surface area is 176 Å². The third-order valence-corrected chi connectivity index (χ3v) is 7.07. The summed E-state index contributed by atoms with van der Waals surface area (Å²) in [5.41, 5.74) is 1.68. The monoisotopic (exact) mass is 407 g/mol. The molecule has 3 rings (SSSR count). The van der Waals surface area contributed by atoms with Crippen LogP contribution in [-0.2, 0) is 0 Å². The molecule has 28 heavy (non-hydrogen) atoms. The lowest BCUT2D eigenvalue weighted by Crippen LogP contribution is -2.54. The van der Waals surface area contributed by atoms with Gasteiger partial charge >= 0.3 is 6.03 Å². The van der Waals surface area contributed by atoms with Gasteiger partial charge in [0.2, 0.25) is 0 Å². The van der Waals surface area contributed by atoms with Crippen LogP contribution in [0.15, 0.2) is 23.8 Å². The summed E-state index contributed by atoms with van der Waals surface area (Å²) in [5.74, 6) is 1.01. The fourth-order valence-electron chi connectivity index (χ4n) is 4.98. The van der Waals surface area contributed by atoms with Crippen LogP contribution < -0.4 is 5.32 Å². The van der Waals surface area contributed by atoms with Gasteiger partial charge in [-0.25, -0.2) is 4.79 Å². The van der Waals surface area contributed by atoms with Crippen molar-refractivity contribution in [1.29, 1.82) is 0 Å². The molecule has 4 nitrogen and oxygen atoms in total. The van der Waals surface area contributed by atoms with E-state index in [9.17, 15) is 4.79 Å². The Morgan fingerprint density at radius 3 is 2.57 bits per heavy atom. The molecule has 0 aromatic carbocycles. The number of amides is 2. The smallest absolute Gasteiger partial charge is 0.317 e. The van der Waals surface area contributed by atoms with Crippen molar-refractivity contribution < 1.29 is 4.79 Å². The average Bonchev–Trinajstić information content (AvgIpc) is 3.16. The van der Waals surface area contributed by atoms with Crippen molar-refractivity contribution in [2.75, 3.05) is 32.7 Å². The first-order valence-corrected chi connectivity index (χ1v) is 11.5. The van der Waals surface area contributed by atoms with Crippen molar-refractivity contribution in [3.8, 4) is 0 Å². The van der Waals surface area contributed by atoms with Crippen LogP contribution in [0.4, 0.5) is 4.79 Å². The molecule has 158 valence electrons. The van der Waals surface area contributed by atoms with Gasteiger partial charge in [0, 0.05) is 32.2 Å². The second-order valence-corrected chi connectivity index (χ2v) is 10.4. The van der Waals surface area contributed by atoms with Crippen LogP contribution in [-0.4, -0.2) is 60.0 Å². The molecule has 2 unspecified atom stereocenters. The van der Waals surface area contributed by atoms with Crippen molar-refractivity contribution in [2.45, 2.75) is 64.8 Å². The number of rotatable bonds is 5. The van der Waals surface area contributed by atoms with E-state index in [-0.39, 0.29) is 22.9 Å². The summed E-state index contributed by atoms with van der Waals surface area (Å²) in [6.07, 6.45) is 11.1. The van der Waals surface area contributed by atoms with E-state index in [4.69, 9.17) is 11.6 Å². The Kier molecular flexibility index (Phi) is 7.14. The molecular weight excluding hydrogens is 370 g/mol. The second kappa shape index (κ2) is 9.21. The number of nitrogens with zero attached hydrogens (tertiary/aromatic N) is 2. The summed E-state index contributed by atoms with van der Waals surface area (Å²) in [4.78, 5) is 17.1. The van der Waals surface area contributed by atoms with Gasteiger partial charge in [-0.2, -0.15) is 0 Å². The largest absolute Gasteiger partial charge is 0.334 e. The minimum atomic E-state index is 0.124. The van der Waals surface area contributed by atoms with Gasteiger partial charge in [0.1, 0.15) is 0 Å². The van der Waals surface area contributed by atoms with Gasteiger partial charge in [0.25, 0.3) is 0 Å². The third kappa shape index (κ3) is 5.33. The zero-order valence-electron chi connectivity index (χ0n) is 18.1. The number of carbonyl (C=O) groups excluding carboxylic acids is 1. The van der Waals surface area contributed by atoms with E-state index in [1.165, 1.54) is 12.0 Å². The third-order valence-electron chi connectivity index (χ3n) is 6.75. The first-order chi connectivity index (χ1) is 13.3. The van der Waals surface area contributed by atoms with E-state index < -0.39 is 0 Å². The first-order valence-electron chi connectivity index (χ1n) is 11.1. The van der Waals surface area contributed by atoms with Crippen LogP contribution in [0.3, 0.4) is 0 Å². The highest BCUT2D eigenvalue weighted by Gasteiger charge is 2.38. The van der Waals surface area contributed by atoms with Gasteiger partial charge < -0.3 is 15.1 Å². The van der Waals surface area contributed by atoms with E-state index in [1.54, 1.807) is 0 Å². The van der Waals surface area contributed by atoms with E-state index in [1.807, 2.05) is 4.90 Å². The molecule has 0 saturated carbocycles. The molecule has 3 atom stereocenters. The second-order valence-electron chi connectivity index (χ2n) is 9.87. The highest BCUT2D eigenvalue weighted by atomic mass is 35.5. The topological polar surface area (TPSA) is 35.6 Å². The number of piperidine rings is 1. The predicted octanol–water partition coefficient (Wildman–Crippen LogP) is 4.66. The van der Waals surface area contributed by atoms with Gasteiger partial charge in [-0.15, -0.1) is 11.6 Å². The molecule has 2 fully saturated rings. The SMILES string of the molecule is CC(C)[C@H](CN1CCC(C2=CCC(Cl)C=C2)C(C)(C)C1)NC(=O)N1CCCC1. The Bertz CT molecular complexity index is 607. The van der Waals surface area contributed by atoms with Crippen LogP contribution in [0.2, 0.25) is 0 Å². The number of alkyl halides is 1. The predicted molar refractivity (Wildman–Crippen MR) is 118 cm³/mol. The van der Waals surface area contributed by atoms with E-state index >= 15 is 0 Å². The molecular formula is C23H38ClN3O. The molecule has 1 N–H and O–H groups in total. The molecule has 1 aliphatic carbocycles. The molecule has 0 spiro atoms. The maximum Gasteiger partial charge on any atom is 0.317 e. The van der Waals surface area contributed by atoms with Crippen LogP contribution in [0, 0.1) is 17.3 Å². The average molecular weight is 408 g/mol. The first kappa shape index (κ1) is 21.7. The zero-order valence-corrected chi connectivity index (χ0v) is 18.8. The molecule has 0 radical (unpaired) electrons. The Hall–Kier alpha value is -1.00. The Morgan fingerprint density at radius 1 is 1.29 bits per heavy atom. The van der Waals surface area contributed by atoms with E-state index in [2.05, 4.69) is 56.1 Å². The lowest BCUT2D eigenvalue weighted by molar-refractivity contribution is 0.0636. The van der Waals surface area contributed by atoms with Gasteiger partial charge in [-0.3, -0.25) is 0 Å². The minimum Gasteiger partial charge on any atom is -0.334 e. The highest BCUT2D eigenvalue weighted by molar-refractivity contribution is 6.22. The standard InChI is InChI=1S/C23H38ClN3O/c1-17(2)21(25-22(28)27-12-5-6-13-27)15-26-14-11-20(23(3,4)16-26)18-7-9-19(24)10-8-18/h7-9,17,19-21H,5-6,10-16H2,1-4H3,(H,25,28)/t19?,20?,21-/m0/s1. The maximum atomic E-state index is 12.6. The van der Waals surface area contributed by atoms with Gasteiger partial charge in [-0.1, -0.05) is 45.9 Å². The molecule has 2 heterocycles. The van der Waals surface area contributed by atoms with Gasteiger partial charge in [0.15, 0.2) is 0 Å². The molecule has 2 saturated heterocycles. The fourth-order valence-corrected chi connectivity index (χ4v) is 5.14. The number of hydrogen-bond acceptors (Lipinski definition) is 2. The molecule has 2 amide bonds. The van der Waals surface area contributed by atoms with E-state index in [0.717, 1.165) is 52.0 Å². The lowest BCUT2D eigenvalue weighted by atomic mass is 9.69. The van der Waals surface area contributed by atoms with Gasteiger partial charge in [0.05, 0.1) is 5.38 Å². The highest BCUT2D eigenvalue weighted by Crippen LogP contribution is 2.41. The number of hydrogen-bond donors (Lipinski definition) is 1. The Balaban J connectivity index is 1.58. The van der Waals surface area contributed by atoms with Crippen LogP contribution >= 0.6 is 11.6 Å². The van der Waals surface area contributed by atoms with E-state index in [0.29, 0.717) is 11.8 Å². The maximum absolute atomic E-state index is 12.6. The van der Waals surface area contributed by atoms with Crippen molar-refractivity contribution >= 4 is 17.6 Å². The summed E-state index contributed by atoms with van der Waals surface area (Å²) in [6.45, 7) is 14.1. The quantitative estimate of drug-likeness (QED) is 0.673. The fraction of sp³-hybridized carbons (Fsp3) is 0.783. The summed E-state index contributed by atoms with van der Waals surface area (Å²) in [5, 5.41) is 3.47. The summed E-state index contributed by atoms with van der Waals surface area (Å²) >= 11 is 6.21. The summed E-state index contributed by atoms with van der Waals surface area (Å²) in [6, 6.07) is 0.324. The molecule has 5 heteroatoms. The zero-order chi connectivity index (χ0) is 20.3. The van der Waals surface area contributed by atoms with Gasteiger partial charge in [-0.05, 0) is 55.1 Å². The number of urea groups is 1. The molecule has 0 aromatic heterocycles.